The first-order valence-corrected chi connectivity index (χ1v) is 6.04. The molecule has 0 bridgehead atoms. The number of nitrogens with zero attached hydrogens (tertiary/aromatic N) is 4. The highest BCUT2D eigenvalue weighted by atomic mass is 35.5. The molecule has 1 aliphatic rings. The van der Waals surface area contributed by atoms with Crippen molar-refractivity contribution in [3.8, 4) is 0 Å². The quantitative estimate of drug-likeness (QED) is 0.788. The molecule has 2 aromatic heterocycles. The van der Waals surface area contributed by atoms with Crippen LogP contribution in [0.25, 0.3) is 11.2 Å². The summed E-state index contributed by atoms with van der Waals surface area (Å²) in [5.74, 6) is -0.0219. The number of ether oxygens (including phenoxy) is 1. The van der Waals surface area contributed by atoms with Crippen molar-refractivity contribution in [3.05, 3.63) is 11.5 Å². The maximum absolute atomic E-state index is 13.9. The van der Waals surface area contributed by atoms with Gasteiger partial charge in [0.25, 0.3) is 0 Å². The van der Waals surface area contributed by atoms with E-state index in [1.54, 1.807) is 0 Å². The molecule has 9 heteroatoms. The van der Waals surface area contributed by atoms with Crippen molar-refractivity contribution in [2.24, 2.45) is 0 Å². The first kappa shape index (κ1) is 12.5. The van der Waals surface area contributed by atoms with E-state index < -0.39 is 18.5 Å². The second kappa shape index (κ2) is 4.55. The van der Waals surface area contributed by atoms with Gasteiger partial charge in [0.05, 0.1) is 19.0 Å². The number of nitrogens with two attached hydrogens (primary N) is 1. The van der Waals surface area contributed by atoms with Crippen molar-refractivity contribution in [1.82, 2.24) is 19.5 Å². The van der Waals surface area contributed by atoms with Gasteiger partial charge in [-0.15, -0.1) is 0 Å². The van der Waals surface area contributed by atoms with Crippen LogP contribution in [0, 0.1) is 0 Å². The van der Waals surface area contributed by atoms with Gasteiger partial charge < -0.3 is 15.6 Å². The molecule has 3 N–H and O–H groups in total. The zero-order valence-corrected chi connectivity index (χ0v) is 10.5. The topological polar surface area (TPSA) is 99.1 Å². The predicted octanol–water partition coefficient (Wildman–Crippen LogP) is 0.680. The molecule has 102 valence electrons. The molecule has 7 nitrogen and oxygen atoms in total. The Morgan fingerprint density at radius 1 is 1.58 bits per heavy atom. The summed E-state index contributed by atoms with van der Waals surface area (Å²) in [5, 5.41) is 9.12. The third kappa shape index (κ3) is 2.01. The predicted molar refractivity (Wildman–Crippen MR) is 65.3 cm³/mol. The van der Waals surface area contributed by atoms with Gasteiger partial charge in [0.1, 0.15) is 11.7 Å². The fourth-order valence-corrected chi connectivity index (χ4v) is 2.37. The lowest BCUT2D eigenvalue weighted by molar-refractivity contribution is -0.0351. The molecule has 1 fully saturated rings. The minimum Gasteiger partial charge on any atom is -0.394 e. The summed E-state index contributed by atoms with van der Waals surface area (Å²) < 4.78 is 20.8. The number of aromatic nitrogens is 4. The van der Waals surface area contributed by atoms with Crippen molar-refractivity contribution in [2.75, 3.05) is 12.3 Å². The molecule has 1 aliphatic heterocycles. The number of aliphatic hydroxyl groups excluding tert-OH is 1. The highest BCUT2D eigenvalue weighted by Crippen LogP contribution is 2.33. The highest BCUT2D eigenvalue weighted by Gasteiger charge is 2.37. The Morgan fingerprint density at radius 2 is 2.37 bits per heavy atom. The van der Waals surface area contributed by atoms with Gasteiger partial charge in [0.15, 0.2) is 17.0 Å². The molecular formula is C10H11ClFN5O2. The molecule has 3 rings (SSSR count). The van der Waals surface area contributed by atoms with Crippen LogP contribution in [0.2, 0.25) is 5.15 Å². The Hall–Kier alpha value is -1.51. The second-order valence-electron chi connectivity index (χ2n) is 4.28. The molecule has 0 aliphatic carbocycles. The van der Waals surface area contributed by atoms with Crippen molar-refractivity contribution >= 4 is 28.7 Å². The van der Waals surface area contributed by atoms with Gasteiger partial charge >= 0.3 is 0 Å². The number of anilines is 1. The Morgan fingerprint density at radius 3 is 3.05 bits per heavy atom. The van der Waals surface area contributed by atoms with E-state index in [-0.39, 0.29) is 24.1 Å². The largest absolute Gasteiger partial charge is 0.394 e. The molecule has 0 amide bonds. The Balaban J connectivity index is 2.06. The summed E-state index contributed by atoms with van der Waals surface area (Å²) >= 11 is 5.89. The fraction of sp³-hybridized carbons (Fsp3) is 0.500. The molecule has 0 aromatic carbocycles. The summed E-state index contributed by atoms with van der Waals surface area (Å²) in [6.07, 6.45) is -1.19. The van der Waals surface area contributed by atoms with Crippen LogP contribution in [-0.2, 0) is 4.74 Å². The van der Waals surface area contributed by atoms with E-state index in [0.717, 1.165) is 0 Å². The molecule has 3 atom stereocenters. The number of imidazole rings is 1. The van der Waals surface area contributed by atoms with Crippen LogP contribution in [0.5, 0.6) is 0 Å². The van der Waals surface area contributed by atoms with Crippen molar-refractivity contribution < 1.29 is 14.2 Å². The summed E-state index contributed by atoms with van der Waals surface area (Å²) in [6.45, 7) is -0.235. The number of nitrogen functional groups attached to an aromatic ring is 1. The van der Waals surface area contributed by atoms with E-state index >= 15 is 0 Å². The van der Waals surface area contributed by atoms with E-state index in [2.05, 4.69) is 15.0 Å². The van der Waals surface area contributed by atoms with Crippen molar-refractivity contribution in [3.63, 3.8) is 0 Å². The lowest BCUT2D eigenvalue weighted by Crippen LogP contribution is -2.17. The van der Waals surface area contributed by atoms with Crippen LogP contribution >= 0.6 is 11.6 Å². The lowest BCUT2D eigenvalue weighted by atomic mass is 10.2. The summed E-state index contributed by atoms with van der Waals surface area (Å²) in [7, 11) is 0. The number of fused-ring (bicyclic) bond motifs is 1. The summed E-state index contributed by atoms with van der Waals surface area (Å²) in [6, 6.07) is 0. The highest BCUT2D eigenvalue weighted by molar-refractivity contribution is 6.33. The molecule has 0 spiro atoms. The lowest BCUT2D eigenvalue weighted by Gasteiger charge is -2.15. The minimum atomic E-state index is -1.26. The molecule has 0 unspecified atom stereocenters. The van der Waals surface area contributed by atoms with Crippen LogP contribution in [0.1, 0.15) is 12.6 Å². The van der Waals surface area contributed by atoms with Crippen molar-refractivity contribution in [1.29, 1.82) is 0 Å². The average molecular weight is 288 g/mol. The number of aliphatic hydroxyl groups is 1. The number of hydrogen-bond donors (Lipinski definition) is 2. The smallest absolute Gasteiger partial charge is 0.223 e. The minimum absolute atomic E-state index is 0.0219. The summed E-state index contributed by atoms with van der Waals surface area (Å²) in [4.78, 5) is 11.8. The SMILES string of the molecule is Nc1nc(Cl)c2ncn([C@@H]3O[C@H](CO)C[C@@H]3F)c2n1. The first-order chi connectivity index (χ1) is 9.10. The first-order valence-electron chi connectivity index (χ1n) is 5.66. The maximum Gasteiger partial charge on any atom is 0.223 e. The third-order valence-electron chi connectivity index (χ3n) is 3.00. The molecule has 1 saturated heterocycles. The zero-order valence-electron chi connectivity index (χ0n) is 9.70. The fourth-order valence-electron chi connectivity index (χ4n) is 2.15. The average Bonchev–Trinajstić information content (AvgIpc) is 2.92. The third-order valence-corrected chi connectivity index (χ3v) is 3.27. The van der Waals surface area contributed by atoms with E-state index in [1.807, 2.05) is 0 Å². The van der Waals surface area contributed by atoms with E-state index in [0.29, 0.717) is 11.2 Å². The maximum atomic E-state index is 13.9. The van der Waals surface area contributed by atoms with E-state index in [4.69, 9.17) is 27.2 Å². The second-order valence-corrected chi connectivity index (χ2v) is 4.64. The molecular weight excluding hydrogens is 277 g/mol. The van der Waals surface area contributed by atoms with Gasteiger partial charge in [0.2, 0.25) is 5.95 Å². The van der Waals surface area contributed by atoms with Gasteiger partial charge in [-0.2, -0.15) is 9.97 Å². The van der Waals surface area contributed by atoms with Gasteiger partial charge in [-0.1, -0.05) is 11.6 Å². The van der Waals surface area contributed by atoms with Crippen LogP contribution in [0.15, 0.2) is 6.33 Å². The molecule has 2 aromatic rings. The number of halogens is 2. The van der Waals surface area contributed by atoms with E-state index in [1.165, 1.54) is 10.9 Å². The molecule has 3 heterocycles. The van der Waals surface area contributed by atoms with Gasteiger partial charge in [-0.3, -0.25) is 4.57 Å². The van der Waals surface area contributed by atoms with Gasteiger partial charge in [0, 0.05) is 6.42 Å². The standard InChI is InChI=1S/C10H11ClFN5O2/c11-7-6-8(16-10(13)15-7)17(3-14-6)9-5(12)1-4(2-18)19-9/h3-5,9,18H,1-2H2,(H2,13,15,16)/t4-,5-,9+/m0/s1. The summed E-state index contributed by atoms with van der Waals surface area (Å²) in [5.41, 5.74) is 6.16. The Kier molecular flexibility index (Phi) is 3.00. The Bertz CT molecular complexity index is 621. The molecule has 0 saturated carbocycles. The van der Waals surface area contributed by atoms with Gasteiger partial charge in [-0.25, -0.2) is 9.37 Å². The normalized spacial score (nSPS) is 27.2. The molecule has 19 heavy (non-hydrogen) atoms. The Labute approximate surface area is 112 Å². The van der Waals surface area contributed by atoms with Crippen LogP contribution in [0.4, 0.5) is 10.3 Å². The van der Waals surface area contributed by atoms with Crippen molar-refractivity contribution in [2.45, 2.75) is 24.9 Å². The van der Waals surface area contributed by atoms with Crippen LogP contribution in [0.3, 0.4) is 0 Å². The monoisotopic (exact) mass is 287 g/mol. The van der Waals surface area contributed by atoms with Crippen LogP contribution < -0.4 is 5.73 Å². The zero-order chi connectivity index (χ0) is 13.6. The number of alkyl halides is 1. The van der Waals surface area contributed by atoms with Gasteiger partial charge in [-0.05, 0) is 0 Å². The number of rotatable bonds is 2. The molecule has 0 radical (unpaired) electrons. The van der Waals surface area contributed by atoms with Crippen LogP contribution in [-0.4, -0.2) is 43.5 Å². The number of hydrogen-bond acceptors (Lipinski definition) is 6. The van der Waals surface area contributed by atoms with E-state index in [9.17, 15) is 4.39 Å².